The molecule has 2 aromatic carbocycles. The molecule has 1 N–H and O–H groups in total. The number of thiazole rings is 1. The molecular formula is C19H15F3N2O2S. The lowest BCUT2D eigenvalue weighted by atomic mass is 10.1. The average Bonchev–Trinajstić information content (AvgIpc) is 3.11. The zero-order valence-corrected chi connectivity index (χ0v) is 14.8. The number of ether oxygens (including phenoxy) is 1. The minimum absolute atomic E-state index is 0.399. The first-order chi connectivity index (χ1) is 13.0. The SMILES string of the molecule is O/N=C/c1cccc(OCCc2csc(-c3ccc(C(F)(F)F)cc3)n2)c1. The molecule has 0 unspecified atom stereocenters. The monoisotopic (exact) mass is 392 g/mol. The van der Waals surface area contributed by atoms with Gasteiger partial charge in [0, 0.05) is 17.4 Å². The number of oxime groups is 1. The van der Waals surface area contributed by atoms with Crippen LogP contribution in [0.25, 0.3) is 10.6 Å². The third-order valence-corrected chi connectivity index (χ3v) is 4.64. The maximum Gasteiger partial charge on any atom is 0.416 e. The summed E-state index contributed by atoms with van der Waals surface area (Å²) in [5.41, 5.74) is 1.50. The summed E-state index contributed by atoms with van der Waals surface area (Å²) in [6, 6.07) is 12.1. The van der Waals surface area contributed by atoms with Crippen LogP contribution in [-0.2, 0) is 12.6 Å². The van der Waals surface area contributed by atoms with Crippen molar-refractivity contribution in [3.05, 3.63) is 70.7 Å². The van der Waals surface area contributed by atoms with Crippen LogP contribution < -0.4 is 4.74 Å². The van der Waals surface area contributed by atoms with Crippen molar-refractivity contribution in [3.63, 3.8) is 0 Å². The normalized spacial score (nSPS) is 11.8. The molecule has 0 spiro atoms. The molecule has 0 atom stereocenters. The van der Waals surface area contributed by atoms with Gasteiger partial charge in [0.2, 0.25) is 0 Å². The number of rotatable bonds is 6. The third kappa shape index (κ3) is 5.07. The lowest BCUT2D eigenvalue weighted by molar-refractivity contribution is -0.137. The van der Waals surface area contributed by atoms with E-state index in [1.807, 2.05) is 5.38 Å². The zero-order chi connectivity index (χ0) is 19.3. The summed E-state index contributed by atoms with van der Waals surface area (Å²) < 4.78 is 43.5. The van der Waals surface area contributed by atoms with E-state index >= 15 is 0 Å². The van der Waals surface area contributed by atoms with Gasteiger partial charge >= 0.3 is 6.18 Å². The predicted octanol–water partition coefficient (Wildman–Crippen LogP) is 5.26. The summed E-state index contributed by atoms with van der Waals surface area (Å²) in [5.74, 6) is 0.644. The first kappa shape index (κ1) is 18.9. The van der Waals surface area contributed by atoms with E-state index in [9.17, 15) is 13.2 Å². The van der Waals surface area contributed by atoms with E-state index in [1.165, 1.54) is 29.7 Å². The minimum atomic E-state index is -4.34. The van der Waals surface area contributed by atoms with Gasteiger partial charge in [-0.2, -0.15) is 13.2 Å². The number of halogens is 3. The molecule has 0 aliphatic carbocycles. The van der Waals surface area contributed by atoms with Crippen molar-refractivity contribution in [2.24, 2.45) is 5.16 Å². The smallest absolute Gasteiger partial charge is 0.416 e. The molecule has 0 saturated heterocycles. The van der Waals surface area contributed by atoms with Crippen LogP contribution in [0.4, 0.5) is 13.2 Å². The van der Waals surface area contributed by atoms with Gasteiger partial charge in [0.15, 0.2) is 0 Å². The van der Waals surface area contributed by atoms with Gasteiger partial charge in [-0.25, -0.2) is 4.98 Å². The van der Waals surface area contributed by atoms with E-state index in [2.05, 4.69) is 10.1 Å². The molecule has 0 fully saturated rings. The fourth-order valence-corrected chi connectivity index (χ4v) is 3.24. The molecule has 0 amide bonds. The molecule has 4 nitrogen and oxygen atoms in total. The second-order valence-corrected chi connectivity index (χ2v) is 6.49. The Morgan fingerprint density at radius 1 is 1.15 bits per heavy atom. The Morgan fingerprint density at radius 3 is 2.63 bits per heavy atom. The summed E-state index contributed by atoms with van der Waals surface area (Å²) in [6.07, 6.45) is -2.47. The molecule has 1 aromatic heterocycles. The summed E-state index contributed by atoms with van der Waals surface area (Å²) in [6.45, 7) is 0.399. The number of alkyl halides is 3. The van der Waals surface area contributed by atoms with Gasteiger partial charge in [-0.1, -0.05) is 29.4 Å². The highest BCUT2D eigenvalue weighted by molar-refractivity contribution is 7.13. The Kier molecular flexibility index (Phi) is 5.75. The summed E-state index contributed by atoms with van der Waals surface area (Å²) >= 11 is 1.38. The topological polar surface area (TPSA) is 54.7 Å². The van der Waals surface area contributed by atoms with Crippen molar-refractivity contribution in [2.45, 2.75) is 12.6 Å². The Labute approximate surface area is 157 Å². The minimum Gasteiger partial charge on any atom is -0.493 e. The van der Waals surface area contributed by atoms with E-state index < -0.39 is 11.7 Å². The van der Waals surface area contributed by atoms with Crippen LogP contribution in [0, 0.1) is 0 Å². The van der Waals surface area contributed by atoms with Crippen LogP contribution in [0.3, 0.4) is 0 Å². The zero-order valence-electron chi connectivity index (χ0n) is 14.0. The van der Waals surface area contributed by atoms with Crippen LogP contribution in [0.2, 0.25) is 0 Å². The molecule has 140 valence electrons. The maximum absolute atomic E-state index is 12.6. The van der Waals surface area contributed by atoms with Gasteiger partial charge in [0.05, 0.1) is 24.1 Å². The van der Waals surface area contributed by atoms with E-state index in [0.717, 1.165) is 17.8 Å². The largest absolute Gasteiger partial charge is 0.493 e. The van der Waals surface area contributed by atoms with E-state index in [0.29, 0.717) is 34.9 Å². The van der Waals surface area contributed by atoms with Crippen LogP contribution in [0.1, 0.15) is 16.8 Å². The Morgan fingerprint density at radius 2 is 1.93 bits per heavy atom. The van der Waals surface area contributed by atoms with Gasteiger partial charge < -0.3 is 9.94 Å². The van der Waals surface area contributed by atoms with Gasteiger partial charge in [-0.15, -0.1) is 11.3 Å². The van der Waals surface area contributed by atoms with Gasteiger partial charge in [-0.05, 0) is 29.8 Å². The number of hydrogen-bond acceptors (Lipinski definition) is 5. The fraction of sp³-hybridized carbons (Fsp3) is 0.158. The second kappa shape index (κ2) is 8.22. The molecule has 3 rings (SSSR count). The lowest BCUT2D eigenvalue weighted by Gasteiger charge is -2.06. The molecule has 3 aromatic rings. The van der Waals surface area contributed by atoms with E-state index in [4.69, 9.17) is 9.94 Å². The number of hydrogen-bond donors (Lipinski definition) is 1. The molecule has 0 bridgehead atoms. The summed E-state index contributed by atoms with van der Waals surface area (Å²) in [5, 5.41) is 14.1. The van der Waals surface area contributed by atoms with Gasteiger partial charge in [0.25, 0.3) is 0 Å². The molecule has 0 radical (unpaired) electrons. The van der Waals surface area contributed by atoms with Crippen LogP contribution >= 0.6 is 11.3 Å². The van der Waals surface area contributed by atoms with E-state index in [-0.39, 0.29) is 0 Å². The van der Waals surface area contributed by atoms with Crippen molar-refractivity contribution >= 4 is 17.6 Å². The number of aromatic nitrogens is 1. The second-order valence-electron chi connectivity index (χ2n) is 5.63. The highest BCUT2D eigenvalue weighted by Crippen LogP contribution is 2.31. The first-order valence-electron chi connectivity index (χ1n) is 7.98. The lowest BCUT2D eigenvalue weighted by Crippen LogP contribution is -2.04. The highest BCUT2D eigenvalue weighted by Gasteiger charge is 2.30. The Bertz CT molecular complexity index is 921. The first-order valence-corrected chi connectivity index (χ1v) is 8.86. The van der Waals surface area contributed by atoms with Crippen molar-refractivity contribution in [1.82, 2.24) is 4.98 Å². The van der Waals surface area contributed by atoms with E-state index in [1.54, 1.807) is 24.3 Å². The molecule has 27 heavy (non-hydrogen) atoms. The van der Waals surface area contributed by atoms with Crippen molar-refractivity contribution in [3.8, 4) is 16.3 Å². The van der Waals surface area contributed by atoms with Crippen LogP contribution in [0.15, 0.2) is 59.1 Å². The summed E-state index contributed by atoms with van der Waals surface area (Å²) in [7, 11) is 0. The average molecular weight is 392 g/mol. The number of nitrogens with zero attached hydrogens (tertiary/aromatic N) is 2. The van der Waals surface area contributed by atoms with Crippen LogP contribution in [0.5, 0.6) is 5.75 Å². The fourth-order valence-electron chi connectivity index (χ4n) is 2.38. The Balaban J connectivity index is 1.59. The standard InChI is InChI=1S/C19H15F3N2O2S/c20-19(21,22)15-6-4-14(5-7-15)18-24-16(12-27-18)8-9-26-17-3-1-2-13(10-17)11-23-25/h1-7,10-12,25H,8-9H2/b23-11+. The molecule has 0 aliphatic rings. The number of benzene rings is 2. The summed E-state index contributed by atoms with van der Waals surface area (Å²) in [4.78, 5) is 4.45. The van der Waals surface area contributed by atoms with Gasteiger partial charge in [-0.3, -0.25) is 0 Å². The highest BCUT2D eigenvalue weighted by atomic mass is 32.1. The third-order valence-electron chi connectivity index (χ3n) is 3.70. The molecule has 1 heterocycles. The van der Waals surface area contributed by atoms with Crippen molar-refractivity contribution < 1.29 is 23.1 Å². The van der Waals surface area contributed by atoms with Crippen LogP contribution in [-0.4, -0.2) is 23.0 Å². The predicted molar refractivity (Wildman–Crippen MR) is 97.6 cm³/mol. The maximum atomic E-state index is 12.6. The van der Waals surface area contributed by atoms with Gasteiger partial charge in [0.1, 0.15) is 10.8 Å². The van der Waals surface area contributed by atoms with Crippen molar-refractivity contribution in [2.75, 3.05) is 6.61 Å². The van der Waals surface area contributed by atoms with Crippen molar-refractivity contribution in [1.29, 1.82) is 0 Å². The molecule has 0 aliphatic heterocycles. The molecule has 8 heteroatoms. The quantitative estimate of drug-likeness (QED) is 0.354. The Hall–Kier alpha value is -2.87. The molecule has 0 saturated carbocycles. The molecular weight excluding hydrogens is 377 g/mol.